The van der Waals surface area contributed by atoms with Crippen molar-refractivity contribution in [1.29, 1.82) is 0 Å². The van der Waals surface area contributed by atoms with Crippen LogP contribution in [0, 0.1) is 19.8 Å². The summed E-state index contributed by atoms with van der Waals surface area (Å²) in [5.74, 6) is 0.760. The van der Waals surface area contributed by atoms with Gasteiger partial charge in [-0.05, 0) is 43.9 Å². The fourth-order valence-corrected chi connectivity index (χ4v) is 1.46. The van der Waals surface area contributed by atoms with E-state index in [1.807, 2.05) is 45.9 Å². The highest BCUT2D eigenvalue weighted by atomic mass is 16.6. The zero-order valence-electron chi connectivity index (χ0n) is 11.8. The molecule has 100 valence electrons. The fraction of sp³-hybridized carbons (Fsp3) is 0.533. The van der Waals surface area contributed by atoms with Crippen molar-refractivity contribution in [2.45, 2.75) is 40.7 Å². The third-order valence-corrected chi connectivity index (χ3v) is 2.75. The van der Waals surface area contributed by atoms with Crippen LogP contribution in [-0.2, 0) is 9.53 Å². The van der Waals surface area contributed by atoms with Crippen LogP contribution in [0.3, 0.4) is 0 Å². The minimum Gasteiger partial charge on any atom is -0.479 e. The molecule has 0 heterocycles. The number of hydrogen-bond acceptors (Lipinski definition) is 3. The molecule has 3 heteroatoms. The van der Waals surface area contributed by atoms with Gasteiger partial charge in [0.1, 0.15) is 5.75 Å². The van der Waals surface area contributed by atoms with E-state index in [0.717, 1.165) is 16.9 Å². The summed E-state index contributed by atoms with van der Waals surface area (Å²) in [4.78, 5) is 11.7. The molecule has 0 bridgehead atoms. The topological polar surface area (TPSA) is 35.5 Å². The molecule has 1 unspecified atom stereocenters. The maximum Gasteiger partial charge on any atom is 0.347 e. The molecule has 0 aliphatic heterocycles. The van der Waals surface area contributed by atoms with Crippen molar-refractivity contribution >= 4 is 5.97 Å². The van der Waals surface area contributed by atoms with E-state index in [4.69, 9.17) is 9.47 Å². The first kappa shape index (κ1) is 14.6. The van der Waals surface area contributed by atoms with Gasteiger partial charge in [-0.25, -0.2) is 4.79 Å². The smallest absolute Gasteiger partial charge is 0.347 e. The van der Waals surface area contributed by atoms with Crippen LogP contribution in [0.1, 0.15) is 31.9 Å². The number of esters is 1. The molecular formula is C15H22O3. The summed E-state index contributed by atoms with van der Waals surface area (Å²) in [6.45, 7) is 10.2. The highest BCUT2D eigenvalue weighted by molar-refractivity contribution is 5.74. The van der Waals surface area contributed by atoms with E-state index in [0.29, 0.717) is 12.5 Å². The maximum absolute atomic E-state index is 11.7. The summed E-state index contributed by atoms with van der Waals surface area (Å²) in [5.41, 5.74) is 2.20. The monoisotopic (exact) mass is 250 g/mol. The Morgan fingerprint density at radius 1 is 1.22 bits per heavy atom. The van der Waals surface area contributed by atoms with Crippen LogP contribution in [0.25, 0.3) is 0 Å². The van der Waals surface area contributed by atoms with Gasteiger partial charge in [0.2, 0.25) is 0 Å². The van der Waals surface area contributed by atoms with Crippen molar-refractivity contribution in [3.05, 3.63) is 29.3 Å². The zero-order valence-corrected chi connectivity index (χ0v) is 11.8. The number of benzene rings is 1. The SMILES string of the molecule is Cc1cccc(OC(C)C(=O)OCC(C)C)c1C. The lowest BCUT2D eigenvalue weighted by atomic mass is 10.1. The summed E-state index contributed by atoms with van der Waals surface area (Å²) >= 11 is 0. The van der Waals surface area contributed by atoms with Gasteiger partial charge in [0.05, 0.1) is 6.61 Å². The predicted octanol–water partition coefficient (Wildman–Crippen LogP) is 3.27. The van der Waals surface area contributed by atoms with Gasteiger partial charge in [-0.15, -0.1) is 0 Å². The van der Waals surface area contributed by atoms with Crippen molar-refractivity contribution < 1.29 is 14.3 Å². The molecule has 0 aromatic heterocycles. The quantitative estimate of drug-likeness (QED) is 0.752. The van der Waals surface area contributed by atoms with E-state index in [2.05, 4.69) is 0 Å². The lowest BCUT2D eigenvalue weighted by Gasteiger charge is -2.17. The Hall–Kier alpha value is -1.51. The summed E-state index contributed by atoms with van der Waals surface area (Å²) in [6, 6.07) is 5.81. The molecule has 1 rings (SSSR count). The van der Waals surface area contributed by atoms with Gasteiger partial charge in [-0.1, -0.05) is 26.0 Å². The van der Waals surface area contributed by atoms with Crippen LogP contribution in [0.2, 0.25) is 0 Å². The third kappa shape index (κ3) is 4.06. The van der Waals surface area contributed by atoms with Crippen LogP contribution in [0.4, 0.5) is 0 Å². The van der Waals surface area contributed by atoms with Gasteiger partial charge in [0.15, 0.2) is 6.10 Å². The van der Waals surface area contributed by atoms with E-state index in [9.17, 15) is 4.79 Å². The summed E-state index contributed by atoms with van der Waals surface area (Å²) < 4.78 is 10.8. The molecule has 0 spiro atoms. The van der Waals surface area contributed by atoms with Crippen molar-refractivity contribution in [1.82, 2.24) is 0 Å². The normalized spacial score (nSPS) is 12.3. The second-order valence-electron chi connectivity index (χ2n) is 4.98. The van der Waals surface area contributed by atoms with E-state index < -0.39 is 6.10 Å². The molecule has 0 radical (unpaired) electrons. The second kappa shape index (κ2) is 6.43. The molecule has 18 heavy (non-hydrogen) atoms. The van der Waals surface area contributed by atoms with Gasteiger partial charge in [0.25, 0.3) is 0 Å². The Balaban J connectivity index is 2.61. The summed E-state index contributed by atoms with van der Waals surface area (Å²) in [7, 11) is 0. The largest absolute Gasteiger partial charge is 0.479 e. The number of hydrogen-bond donors (Lipinski definition) is 0. The van der Waals surface area contributed by atoms with Crippen molar-refractivity contribution in [3.63, 3.8) is 0 Å². The van der Waals surface area contributed by atoms with Gasteiger partial charge < -0.3 is 9.47 Å². The van der Waals surface area contributed by atoms with Crippen LogP contribution < -0.4 is 4.74 Å². The van der Waals surface area contributed by atoms with Crippen molar-refractivity contribution in [2.24, 2.45) is 5.92 Å². The van der Waals surface area contributed by atoms with Crippen molar-refractivity contribution in [2.75, 3.05) is 6.61 Å². The zero-order chi connectivity index (χ0) is 13.7. The van der Waals surface area contributed by atoms with Crippen LogP contribution >= 0.6 is 0 Å². The first-order valence-electron chi connectivity index (χ1n) is 6.31. The number of carbonyl (C=O) groups excluding carboxylic acids is 1. The van der Waals surface area contributed by atoms with Crippen LogP contribution in [-0.4, -0.2) is 18.7 Å². The van der Waals surface area contributed by atoms with E-state index >= 15 is 0 Å². The molecule has 3 nitrogen and oxygen atoms in total. The Bertz CT molecular complexity index is 410. The highest BCUT2D eigenvalue weighted by Crippen LogP contribution is 2.21. The molecule has 0 aliphatic carbocycles. The molecule has 0 saturated heterocycles. The lowest BCUT2D eigenvalue weighted by Crippen LogP contribution is -2.27. The number of aryl methyl sites for hydroxylation is 1. The van der Waals surface area contributed by atoms with E-state index in [1.165, 1.54) is 0 Å². The lowest BCUT2D eigenvalue weighted by molar-refractivity contribution is -0.152. The third-order valence-electron chi connectivity index (χ3n) is 2.75. The molecule has 0 saturated carbocycles. The standard InChI is InChI=1S/C15H22O3/c1-10(2)9-17-15(16)13(5)18-14-8-6-7-11(3)12(14)4/h6-8,10,13H,9H2,1-5H3. The molecule has 1 atom stereocenters. The molecule has 1 aromatic rings. The van der Waals surface area contributed by atoms with Gasteiger partial charge in [0, 0.05) is 0 Å². The fourth-order valence-electron chi connectivity index (χ4n) is 1.46. The Labute approximate surface area is 109 Å². The first-order valence-corrected chi connectivity index (χ1v) is 6.31. The molecular weight excluding hydrogens is 228 g/mol. The molecule has 0 fully saturated rings. The molecule has 0 N–H and O–H groups in total. The van der Waals surface area contributed by atoms with Crippen LogP contribution in [0.15, 0.2) is 18.2 Å². The average molecular weight is 250 g/mol. The van der Waals surface area contributed by atoms with Gasteiger partial charge >= 0.3 is 5.97 Å². The first-order chi connectivity index (χ1) is 8.41. The highest BCUT2D eigenvalue weighted by Gasteiger charge is 2.17. The summed E-state index contributed by atoms with van der Waals surface area (Å²) in [6.07, 6.45) is -0.579. The molecule has 0 aliphatic rings. The van der Waals surface area contributed by atoms with Gasteiger partial charge in [-0.2, -0.15) is 0 Å². The minimum atomic E-state index is -0.579. The number of ether oxygens (including phenoxy) is 2. The molecule has 1 aromatic carbocycles. The Kier molecular flexibility index (Phi) is 5.20. The van der Waals surface area contributed by atoms with Gasteiger partial charge in [-0.3, -0.25) is 0 Å². The summed E-state index contributed by atoms with van der Waals surface area (Å²) in [5, 5.41) is 0. The number of carbonyl (C=O) groups is 1. The minimum absolute atomic E-state index is 0.315. The Morgan fingerprint density at radius 2 is 1.89 bits per heavy atom. The maximum atomic E-state index is 11.7. The second-order valence-corrected chi connectivity index (χ2v) is 4.98. The predicted molar refractivity (Wildman–Crippen MR) is 71.8 cm³/mol. The van der Waals surface area contributed by atoms with E-state index in [-0.39, 0.29) is 5.97 Å². The van der Waals surface area contributed by atoms with E-state index in [1.54, 1.807) is 6.92 Å². The average Bonchev–Trinajstić information content (AvgIpc) is 2.31. The number of rotatable bonds is 5. The molecule has 0 amide bonds. The Morgan fingerprint density at radius 3 is 2.50 bits per heavy atom. The van der Waals surface area contributed by atoms with Crippen molar-refractivity contribution in [3.8, 4) is 5.75 Å². The van der Waals surface area contributed by atoms with Crippen LogP contribution in [0.5, 0.6) is 5.75 Å².